The molecule has 5 heterocycles. The highest BCUT2D eigenvalue weighted by atomic mass is 16.5. The molecule has 2 aliphatic rings. The van der Waals surface area contributed by atoms with Gasteiger partial charge in [-0.2, -0.15) is 0 Å². The zero-order valence-electron chi connectivity index (χ0n) is 31.9. The summed E-state index contributed by atoms with van der Waals surface area (Å²) in [6, 6.07) is 6.25. The number of aryl methyl sites for hydroxylation is 3. The Balaban J connectivity index is 1.86. The van der Waals surface area contributed by atoms with E-state index >= 15 is 0 Å². The van der Waals surface area contributed by atoms with Gasteiger partial charge >= 0.3 is 11.9 Å². The van der Waals surface area contributed by atoms with Gasteiger partial charge in [0.15, 0.2) is 0 Å². The zero-order chi connectivity index (χ0) is 37.1. The predicted octanol–water partition coefficient (Wildman–Crippen LogP) is 8.29. The Morgan fingerprint density at radius 1 is 0.824 bits per heavy atom. The van der Waals surface area contributed by atoms with Crippen molar-refractivity contribution in [3.63, 3.8) is 0 Å². The number of nitrogens with one attached hydrogen (secondary N) is 2. The van der Waals surface area contributed by atoms with Crippen LogP contribution in [0.4, 0.5) is 0 Å². The molecule has 0 radical (unpaired) electrons. The Labute approximate surface area is 301 Å². The van der Waals surface area contributed by atoms with Crippen LogP contribution >= 0.6 is 0 Å². The highest BCUT2D eigenvalue weighted by Gasteiger charge is 2.34. The summed E-state index contributed by atoms with van der Waals surface area (Å²) in [7, 11) is 4.66. The third-order valence-corrected chi connectivity index (χ3v) is 10.8. The molecule has 0 fully saturated rings. The van der Waals surface area contributed by atoms with Crippen LogP contribution in [0.25, 0.3) is 33.2 Å². The molecule has 2 N–H and O–H groups in total. The quantitative estimate of drug-likeness (QED) is 0.153. The molecule has 8 bridgehead atoms. The number of rotatable bonds is 11. The number of allylic oxidation sites excluding steroid dienone is 1. The lowest BCUT2D eigenvalue weighted by molar-refractivity contribution is -0.141. The van der Waals surface area contributed by atoms with Gasteiger partial charge in [0.05, 0.1) is 31.2 Å². The number of unbranched alkanes of at least 4 members (excludes halogenated alkanes) is 2. The first-order valence-electron chi connectivity index (χ1n) is 18.2. The number of H-pyrrole nitrogens is 2. The molecule has 3 aromatic rings. The van der Waals surface area contributed by atoms with E-state index in [0.29, 0.717) is 36.3 Å². The van der Waals surface area contributed by atoms with Crippen molar-refractivity contribution in [1.82, 2.24) is 24.8 Å². The molecule has 0 unspecified atom stereocenters. The third kappa shape index (κ3) is 7.37. The van der Waals surface area contributed by atoms with Crippen LogP contribution in [-0.4, -0.2) is 63.9 Å². The largest absolute Gasteiger partial charge is 0.469 e. The maximum atomic E-state index is 13.3. The fourth-order valence-corrected chi connectivity index (χ4v) is 7.53. The number of amides is 1. The van der Waals surface area contributed by atoms with Crippen molar-refractivity contribution in [2.24, 2.45) is 0 Å². The lowest BCUT2D eigenvalue weighted by Gasteiger charge is -2.17. The Kier molecular flexibility index (Phi) is 11.5. The molecule has 0 aliphatic carbocycles. The second kappa shape index (κ2) is 15.7. The van der Waals surface area contributed by atoms with Crippen LogP contribution in [0.3, 0.4) is 0 Å². The molecular formula is C41H53N5O5. The van der Waals surface area contributed by atoms with Gasteiger partial charge in [0.2, 0.25) is 5.91 Å². The smallest absolute Gasteiger partial charge is 0.340 e. The van der Waals surface area contributed by atoms with E-state index in [1.165, 1.54) is 14.2 Å². The van der Waals surface area contributed by atoms with Crippen LogP contribution in [0.1, 0.15) is 129 Å². The van der Waals surface area contributed by atoms with Crippen molar-refractivity contribution in [3.8, 4) is 0 Å². The van der Waals surface area contributed by atoms with Crippen molar-refractivity contribution >= 4 is 51.1 Å². The van der Waals surface area contributed by atoms with E-state index in [-0.39, 0.29) is 30.1 Å². The average molecular weight is 696 g/mol. The number of aromatic nitrogens is 4. The first-order chi connectivity index (χ1) is 24.3. The Bertz CT molecular complexity index is 2050. The molecule has 5 rings (SSSR count). The zero-order valence-corrected chi connectivity index (χ0v) is 31.9. The average Bonchev–Trinajstić information content (AvgIpc) is 3.80. The van der Waals surface area contributed by atoms with Crippen LogP contribution in [0.15, 0.2) is 18.2 Å². The Morgan fingerprint density at radius 3 is 2.14 bits per heavy atom. The molecule has 0 spiro atoms. The number of carbonyl (C=O) groups excluding carboxylic acids is 3. The molecule has 3 aromatic heterocycles. The molecule has 10 heteroatoms. The van der Waals surface area contributed by atoms with Gasteiger partial charge in [0.1, 0.15) is 0 Å². The van der Waals surface area contributed by atoms with E-state index in [0.717, 1.165) is 92.5 Å². The van der Waals surface area contributed by atoms with Gasteiger partial charge in [-0.3, -0.25) is 14.6 Å². The van der Waals surface area contributed by atoms with Gasteiger partial charge in [-0.05, 0) is 93.0 Å². The summed E-state index contributed by atoms with van der Waals surface area (Å²) in [6.07, 6.45) is 5.07. The minimum Gasteiger partial charge on any atom is -0.469 e. The van der Waals surface area contributed by atoms with Crippen molar-refractivity contribution in [2.75, 3.05) is 21.3 Å². The second-order valence-electron chi connectivity index (χ2n) is 14.0. The number of methoxy groups -OCH3 is 2. The maximum Gasteiger partial charge on any atom is 0.340 e. The normalized spacial score (nSPS) is 15.6. The summed E-state index contributed by atoms with van der Waals surface area (Å²) in [5.41, 5.74) is 12.9. The van der Waals surface area contributed by atoms with Gasteiger partial charge in [-0.25, -0.2) is 9.78 Å². The number of esters is 2. The number of fused-ring (bicyclic) bond motifs is 8. The van der Waals surface area contributed by atoms with Crippen molar-refractivity contribution in [3.05, 3.63) is 68.8 Å². The molecule has 0 saturated carbocycles. The van der Waals surface area contributed by atoms with E-state index < -0.39 is 5.97 Å². The van der Waals surface area contributed by atoms with Gasteiger partial charge < -0.3 is 24.3 Å². The van der Waals surface area contributed by atoms with Crippen LogP contribution < -0.4 is 0 Å². The first kappa shape index (κ1) is 37.5. The predicted molar refractivity (Wildman–Crippen MR) is 202 cm³/mol. The molecular weight excluding hydrogens is 642 g/mol. The number of nitrogens with zero attached hydrogens (tertiary/aromatic N) is 3. The summed E-state index contributed by atoms with van der Waals surface area (Å²) in [4.78, 5) is 58.3. The molecule has 1 amide bonds. The monoisotopic (exact) mass is 695 g/mol. The molecule has 2 aliphatic heterocycles. The van der Waals surface area contributed by atoms with Gasteiger partial charge in [0.25, 0.3) is 0 Å². The van der Waals surface area contributed by atoms with Crippen LogP contribution in [0.5, 0.6) is 0 Å². The Hall–Kier alpha value is -4.73. The Morgan fingerprint density at radius 2 is 1.49 bits per heavy atom. The fourth-order valence-electron chi connectivity index (χ4n) is 7.53. The number of hydrogen-bond acceptors (Lipinski definition) is 7. The molecule has 0 aromatic carbocycles. The minimum absolute atomic E-state index is 0.0414. The standard InChI is InChI=1S/C41H53N5O5/c1-11-13-14-15-36(47)46(8)21-29-24(5)30-18-32-23(4)28(16-17-37(48)50-9)39(44-32)26(7)40-38(41(49)51-10)25(6)33(45-40)20-34-27(12-2)22(3)31(42-34)19-35(29)43-30/h18-20,23,28,42-43H,11-17,21H2,1-10H3/t23-,28-/m0/s1. The number of hydrogen-bond donors (Lipinski definition) is 2. The van der Waals surface area contributed by atoms with Crippen molar-refractivity contribution in [1.29, 1.82) is 0 Å². The number of carbonyl (C=O) groups is 3. The maximum absolute atomic E-state index is 13.3. The molecule has 2 atom stereocenters. The summed E-state index contributed by atoms with van der Waals surface area (Å²) in [5, 5.41) is 0. The topological polar surface area (TPSA) is 130 Å². The highest BCUT2D eigenvalue weighted by molar-refractivity contribution is 6.25. The summed E-state index contributed by atoms with van der Waals surface area (Å²) in [5.74, 6) is -0.761. The van der Waals surface area contributed by atoms with Crippen molar-refractivity contribution < 1.29 is 23.9 Å². The van der Waals surface area contributed by atoms with E-state index in [1.807, 2.05) is 31.9 Å². The molecule has 0 saturated heterocycles. The number of ether oxygens (including phenoxy) is 2. The molecule has 272 valence electrons. The van der Waals surface area contributed by atoms with E-state index in [9.17, 15) is 14.4 Å². The highest BCUT2D eigenvalue weighted by Crippen LogP contribution is 2.43. The second-order valence-corrected chi connectivity index (χ2v) is 14.0. The van der Waals surface area contributed by atoms with Gasteiger partial charge in [-0.1, -0.05) is 33.6 Å². The van der Waals surface area contributed by atoms with E-state index in [4.69, 9.17) is 19.4 Å². The van der Waals surface area contributed by atoms with Crippen LogP contribution in [-0.2, 0) is 36.8 Å². The van der Waals surface area contributed by atoms with Crippen LogP contribution in [0.2, 0.25) is 0 Å². The minimum atomic E-state index is -0.455. The first-order valence-corrected chi connectivity index (χ1v) is 18.2. The summed E-state index contributed by atoms with van der Waals surface area (Å²) in [6.45, 7) is 14.9. The van der Waals surface area contributed by atoms with E-state index in [2.05, 4.69) is 56.7 Å². The fraction of sp³-hybridized carbons (Fsp3) is 0.488. The lowest BCUT2D eigenvalue weighted by Crippen LogP contribution is -2.26. The summed E-state index contributed by atoms with van der Waals surface area (Å²) < 4.78 is 10.3. The molecule has 51 heavy (non-hydrogen) atoms. The lowest BCUT2D eigenvalue weighted by atomic mass is 9.85. The van der Waals surface area contributed by atoms with Crippen molar-refractivity contribution in [2.45, 2.75) is 112 Å². The van der Waals surface area contributed by atoms with E-state index in [1.54, 1.807) is 0 Å². The molecule has 10 nitrogen and oxygen atoms in total. The SMILES string of the molecule is CCCCCC(=O)N(C)Cc1c(C)c2cc3nc(c(C)c4nc(cc5[nH]c(cc1[nH]2)c(C)c5CC)C(C)=C4C(=O)OC)[C@@H](CCC(=O)OC)[C@@H]3C. The third-order valence-electron chi connectivity index (χ3n) is 10.8. The van der Waals surface area contributed by atoms with Gasteiger partial charge in [0, 0.05) is 77.3 Å². The van der Waals surface area contributed by atoms with Crippen LogP contribution in [0, 0.1) is 20.8 Å². The number of aromatic amines is 2. The van der Waals surface area contributed by atoms with Gasteiger partial charge in [-0.15, -0.1) is 0 Å². The summed E-state index contributed by atoms with van der Waals surface area (Å²) >= 11 is 0.